The lowest BCUT2D eigenvalue weighted by Crippen LogP contribution is -2.60. The second-order valence-electron chi connectivity index (χ2n) is 5.11. The summed E-state index contributed by atoms with van der Waals surface area (Å²) < 4.78 is 85.0. The number of carbonyl (C=O) groups is 1. The second-order valence-corrected chi connectivity index (χ2v) is 5.11. The molecule has 0 radical (unpaired) electrons. The Morgan fingerprint density at radius 2 is 1.58 bits per heavy atom. The van der Waals surface area contributed by atoms with Crippen LogP contribution in [0, 0.1) is 0 Å². The van der Waals surface area contributed by atoms with E-state index in [0.29, 0.717) is 12.8 Å². The Hall–Kier alpha value is -1.93. The molecule has 0 aliphatic carbocycles. The van der Waals surface area contributed by atoms with Gasteiger partial charge >= 0.3 is 18.4 Å². The molecule has 0 unspecified atom stereocenters. The van der Waals surface area contributed by atoms with Gasteiger partial charge in [-0.15, -0.1) is 0 Å². The molecule has 1 amide bonds. The molecule has 0 fully saturated rings. The van der Waals surface area contributed by atoms with Gasteiger partial charge in [-0.05, 0) is 12.0 Å². The number of alkyl carbamates (subject to hydrolysis) is 1. The molecule has 1 aromatic rings. The third-order valence-corrected chi connectivity index (χ3v) is 3.46. The van der Waals surface area contributed by atoms with Crippen molar-refractivity contribution >= 4 is 6.09 Å². The zero-order valence-electron chi connectivity index (χ0n) is 12.8. The van der Waals surface area contributed by atoms with Crippen LogP contribution in [0.15, 0.2) is 30.3 Å². The van der Waals surface area contributed by atoms with E-state index < -0.39 is 36.0 Å². The van der Waals surface area contributed by atoms with Crippen LogP contribution >= 0.6 is 0 Å². The lowest BCUT2D eigenvalue weighted by molar-refractivity contribution is -0.301. The maximum absolute atomic E-state index is 13.4. The van der Waals surface area contributed by atoms with Crippen LogP contribution in [-0.4, -0.2) is 31.6 Å². The highest BCUT2D eigenvalue weighted by atomic mass is 19.4. The highest BCUT2D eigenvalue weighted by Crippen LogP contribution is 2.51. The van der Waals surface area contributed by atoms with Crippen molar-refractivity contribution in [1.29, 1.82) is 0 Å². The summed E-state index contributed by atoms with van der Waals surface area (Å²) in [6.07, 6.45) is -11.5. The Bertz CT molecular complexity index is 513. The van der Waals surface area contributed by atoms with Crippen LogP contribution in [0.3, 0.4) is 0 Å². The Kier molecular flexibility index (Phi) is 6.50. The number of carbonyl (C=O) groups excluding carboxylic acids is 1. The summed E-state index contributed by atoms with van der Waals surface area (Å²) in [6, 6.07) is 4.89. The minimum atomic E-state index is -5.66. The molecule has 1 N–H and O–H groups in total. The fraction of sp³-hybridized carbons (Fsp3) is 0.533. The van der Waals surface area contributed by atoms with Gasteiger partial charge in [0.1, 0.15) is 0 Å². The molecule has 0 aliphatic heterocycles. The summed E-state index contributed by atoms with van der Waals surface area (Å²) in [6.45, 7) is 0.00265. The van der Waals surface area contributed by atoms with Crippen molar-refractivity contribution in [3.05, 3.63) is 35.9 Å². The number of ether oxygens (including phenoxy) is 1. The Morgan fingerprint density at radius 1 is 1.04 bits per heavy atom. The van der Waals surface area contributed by atoms with E-state index in [-0.39, 0.29) is 6.61 Å². The largest absolute Gasteiger partial charge is 0.450 e. The average molecular weight is 357 g/mol. The van der Waals surface area contributed by atoms with E-state index in [9.17, 15) is 31.1 Å². The molecule has 0 aromatic heterocycles. The van der Waals surface area contributed by atoms with E-state index in [1.165, 1.54) is 6.07 Å². The van der Waals surface area contributed by atoms with Crippen molar-refractivity contribution in [2.24, 2.45) is 0 Å². The molecule has 0 saturated carbocycles. The van der Waals surface area contributed by atoms with Gasteiger partial charge in [-0.1, -0.05) is 43.7 Å². The van der Waals surface area contributed by atoms with Gasteiger partial charge in [-0.3, -0.25) is 0 Å². The van der Waals surface area contributed by atoms with Crippen molar-refractivity contribution in [3.8, 4) is 0 Å². The molecule has 1 rings (SSSR count). The van der Waals surface area contributed by atoms with E-state index in [0.717, 1.165) is 24.3 Å². The number of halogens is 6. The molecule has 0 bridgehead atoms. The number of amides is 1. The predicted molar refractivity (Wildman–Crippen MR) is 74.5 cm³/mol. The van der Waals surface area contributed by atoms with Crippen molar-refractivity contribution in [2.75, 3.05) is 13.2 Å². The number of unbranched alkanes of at least 4 members (excludes halogenated alkanes) is 1. The lowest BCUT2D eigenvalue weighted by atomic mass is 9.78. The Balaban J connectivity index is 3.13. The van der Waals surface area contributed by atoms with Gasteiger partial charge < -0.3 is 10.1 Å². The van der Waals surface area contributed by atoms with Crippen molar-refractivity contribution in [2.45, 2.75) is 37.5 Å². The van der Waals surface area contributed by atoms with Gasteiger partial charge in [-0.25, -0.2) is 4.79 Å². The van der Waals surface area contributed by atoms with Gasteiger partial charge in [0.2, 0.25) is 5.41 Å². The fourth-order valence-corrected chi connectivity index (χ4v) is 2.08. The molecule has 24 heavy (non-hydrogen) atoms. The first-order valence-electron chi connectivity index (χ1n) is 7.16. The molecule has 1 aromatic carbocycles. The van der Waals surface area contributed by atoms with Crippen LogP contribution in [0.1, 0.15) is 25.3 Å². The van der Waals surface area contributed by atoms with Gasteiger partial charge in [0.25, 0.3) is 0 Å². The third-order valence-electron chi connectivity index (χ3n) is 3.46. The number of nitrogens with one attached hydrogen (secondary N) is 1. The fourth-order valence-electron chi connectivity index (χ4n) is 2.08. The second kappa shape index (κ2) is 7.76. The molecule has 9 heteroatoms. The van der Waals surface area contributed by atoms with Crippen LogP contribution in [0.2, 0.25) is 0 Å². The summed E-state index contributed by atoms with van der Waals surface area (Å²) in [5, 5.41) is 1.59. The zero-order chi connectivity index (χ0) is 18.4. The molecule has 136 valence electrons. The highest BCUT2D eigenvalue weighted by Gasteiger charge is 2.71. The summed E-state index contributed by atoms with van der Waals surface area (Å²) in [5.41, 5.74) is -5.22. The average Bonchev–Trinajstić information content (AvgIpc) is 2.46. The van der Waals surface area contributed by atoms with Gasteiger partial charge in [0.15, 0.2) is 0 Å². The molecular formula is C15H17F6NO2. The van der Waals surface area contributed by atoms with Crippen molar-refractivity contribution in [1.82, 2.24) is 5.32 Å². The van der Waals surface area contributed by atoms with Crippen LogP contribution in [0.5, 0.6) is 0 Å². The van der Waals surface area contributed by atoms with Gasteiger partial charge in [0, 0.05) is 6.54 Å². The molecule has 0 atom stereocenters. The molecule has 0 aliphatic rings. The molecule has 3 nitrogen and oxygen atoms in total. The predicted octanol–water partition coefficient (Wildman–Crippen LogP) is 4.58. The maximum Gasteiger partial charge on any atom is 0.408 e. The summed E-state index contributed by atoms with van der Waals surface area (Å²) in [4.78, 5) is 11.4. The van der Waals surface area contributed by atoms with E-state index in [1.807, 2.05) is 0 Å². The highest BCUT2D eigenvalue weighted by molar-refractivity contribution is 5.67. The molecule has 0 spiro atoms. The number of benzene rings is 1. The first kappa shape index (κ1) is 20.1. The number of alkyl halides is 6. The monoisotopic (exact) mass is 357 g/mol. The molecule has 0 heterocycles. The SMILES string of the molecule is CCCCOC(=O)NCC(c1ccccc1)(C(F)(F)F)C(F)(F)F. The summed E-state index contributed by atoms with van der Waals surface area (Å²) in [5.74, 6) is 0. The summed E-state index contributed by atoms with van der Waals surface area (Å²) in [7, 11) is 0. The molecule has 0 saturated heterocycles. The van der Waals surface area contributed by atoms with Gasteiger partial charge in [0.05, 0.1) is 6.61 Å². The van der Waals surface area contributed by atoms with E-state index >= 15 is 0 Å². The third kappa shape index (κ3) is 4.33. The van der Waals surface area contributed by atoms with E-state index in [1.54, 1.807) is 12.2 Å². The quantitative estimate of drug-likeness (QED) is 0.598. The van der Waals surface area contributed by atoms with Crippen LogP contribution in [-0.2, 0) is 10.2 Å². The first-order chi connectivity index (χ1) is 11.1. The van der Waals surface area contributed by atoms with E-state index in [2.05, 4.69) is 4.74 Å². The minimum absolute atomic E-state index is 0.0846. The Labute approximate surface area is 135 Å². The number of hydrogen-bond donors (Lipinski definition) is 1. The minimum Gasteiger partial charge on any atom is -0.450 e. The standard InChI is InChI=1S/C15H17F6NO2/c1-2-3-9-24-12(23)22-10-13(14(16,17)18,15(19,20)21)11-7-5-4-6-8-11/h4-8H,2-3,9-10H2,1H3,(H,22,23). The van der Waals surface area contributed by atoms with Crippen LogP contribution in [0.4, 0.5) is 31.1 Å². The van der Waals surface area contributed by atoms with Crippen molar-refractivity contribution < 1.29 is 35.9 Å². The van der Waals surface area contributed by atoms with E-state index in [4.69, 9.17) is 0 Å². The first-order valence-corrected chi connectivity index (χ1v) is 7.16. The summed E-state index contributed by atoms with van der Waals surface area (Å²) >= 11 is 0. The Morgan fingerprint density at radius 3 is 2.04 bits per heavy atom. The molecular weight excluding hydrogens is 340 g/mol. The topological polar surface area (TPSA) is 38.3 Å². The van der Waals surface area contributed by atoms with Crippen LogP contribution < -0.4 is 5.32 Å². The smallest absolute Gasteiger partial charge is 0.408 e. The maximum atomic E-state index is 13.4. The zero-order valence-corrected chi connectivity index (χ0v) is 12.8. The van der Waals surface area contributed by atoms with Crippen molar-refractivity contribution in [3.63, 3.8) is 0 Å². The number of rotatable bonds is 6. The van der Waals surface area contributed by atoms with Crippen LogP contribution in [0.25, 0.3) is 0 Å². The number of hydrogen-bond acceptors (Lipinski definition) is 2. The lowest BCUT2D eigenvalue weighted by Gasteiger charge is -2.37. The van der Waals surface area contributed by atoms with Gasteiger partial charge in [-0.2, -0.15) is 26.3 Å². The normalized spacial score (nSPS) is 12.8.